The number of halogens is 1. The van der Waals surface area contributed by atoms with Gasteiger partial charge in [-0.3, -0.25) is 4.79 Å². The van der Waals surface area contributed by atoms with Gasteiger partial charge >= 0.3 is 5.97 Å². The van der Waals surface area contributed by atoms with Crippen LogP contribution in [0.5, 0.6) is 0 Å². The maximum Gasteiger partial charge on any atom is 0.327 e. The van der Waals surface area contributed by atoms with E-state index in [2.05, 4.69) is 0 Å². The third-order valence-electron chi connectivity index (χ3n) is 3.21. The van der Waals surface area contributed by atoms with Crippen molar-refractivity contribution in [2.45, 2.75) is 24.8 Å². The van der Waals surface area contributed by atoms with Crippen LogP contribution in [0.15, 0.2) is 18.2 Å². The molecule has 0 aromatic heterocycles. The van der Waals surface area contributed by atoms with Gasteiger partial charge in [0.25, 0.3) is 5.91 Å². The Bertz CT molecular complexity index is 552. The molecule has 1 aliphatic heterocycles. The zero-order chi connectivity index (χ0) is 14.9. The fourth-order valence-electron chi connectivity index (χ4n) is 2.19. The lowest BCUT2D eigenvalue weighted by Crippen LogP contribution is -2.45. The summed E-state index contributed by atoms with van der Waals surface area (Å²) in [6.45, 7) is 1.87. The summed E-state index contributed by atoms with van der Waals surface area (Å²) in [6, 6.07) is 2.62. The Morgan fingerprint density at radius 3 is 2.85 bits per heavy atom. The van der Waals surface area contributed by atoms with E-state index in [4.69, 9.17) is 5.73 Å². The van der Waals surface area contributed by atoms with Crippen LogP contribution in [0.3, 0.4) is 0 Å². The molecule has 1 amide bonds. The lowest BCUT2D eigenvalue weighted by Gasteiger charge is -2.27. The summed E-state index contributed by atoms with van der Waals surface area (Å²) >= 11 is 1.41. The smallest absolute Gasteiger partial charge is 0.327 e. The van der Waals surface area contributed by atoms with Crippen LogP contribution < -0.4 is 5.73 Å². The fraction of sp³-hybridized carbons (Fsp3) is 0.385. The molecule has 0 saturated carbocycles. The molecule has 1 aliphatic rings. The van der Waals surface area contributed by atoms with Gasteiger partial charge < -0.3 is 15.7 Å². The van der Waals surface area contributed by atoms with Crippen molar-refractivity contribution in [1.82, 2.24) is 4.90 Å². The van der Waals surface area contributed by atoms with Gasteiger partial charge in [0.1, 0.15) is 11.9 Å². The highest BCUT2D eigenvalue weighted by Gasteiger charge is 2.41. The van der Waals surface area contributed by atoms with Crippen LogP contribution in [0.4, 0.5) is 10.1 Å². The second kappa shape index (κ2) is 5.70. The van der Waals surface area contributed by atoms with E-state index < -0.39 is 23.7 Å². The Morgan fingerprint density at radius 1 is 1.55 bits per heavy atom. The largest absolute Gasteiger partial charge is 0.480 e. The predicted octanol–water partition coefficient (Wildman–Crippen LogP) is 1.79. The van der Waals surface area contributed by atoms with Crippen molar-refractivity contribution in [3.05, 3.63) is 29.6 Å². The number of nitrogens with zero attached hydrogens (tertiary/aromatic N) is 1. The molecule has 0 radical (unpaired) electrons. The van der Waals surface area contributed by atoms with Crippen LogP contribution in [0, 0.1) is 5.82 Å². The summed E-state index contributed by atoms with van der Waals surface area (Å²) in [6.07, 6.45) is 0.620. The van der Waals surface area contributed by atoms with E-state index in [1.165, 1.54) is 22.7 Å². The topological polar surface area (TPSA) is 83.6 Å². The van der Waals surface area contributed by atoms with Crippen molar-refractivity contribution in [1.29, 1.82) is 0 Å². The van der Waals surface area contributed by atoms with Gasteiger partial charge in [-0.25, -0.2) is 9.18 Å². The Balaban J connectivity index is 2.38. The Kier molecular flexibility index (Phi) is 4.17. The molecule has 2 atom stereocenters. The van der Waals surface area contributed by atoms with E-state index in [0.29, 0.717) is 12.2 Å². The molecule has 1 saturated heterocycles. The number of benzene rings is 1. The maximum absolute atomic E-state index is 13.3. The summed E-state index contributed by atoms with van der Waals surface area (Å²) in [5.74, 6) is -1.84. The summed E-state index contributed by atoms with van der Waals surface area (Å²) in [4.78, 5) is 25.0. The van der Waals surface area contributed by atoms with Gasteiger partial charge in [-0.2, -0.15) is 0 Å². The maximum atomic E-state index is 13.3. The van der Waals surface area contributed by atoms with E-state index in [9.17, 15) is 19.1 Å². The number of aliphatic carboxylic acids is 1. The molecular formula is C13H15FN2O3S. The van der Waals surface area contributed by atoms with Crippen molar-refractivity contribution in [3.63, 3.8) is 0 Å². The highest BCUT2D eigenvalue weighted by molar-refractivity contribution is 8.00. The number of nitrogens with two attached hydrogens (primary N) is 1. The lowest BCUT2D eigenvalue weighted by atomic mass is 10.1. The van der Waals surface area contributed by atoms with Crippen molar-refractivity contribution in [2.75, 3.05) is 11.5 Å². The van der Waals surface area contributed by atoms with Crippen molar-refractivity contribution < 1.29 is 19.1 Å². The SMILES string of the molecule is CCC1SCC(C(=O)O)N1C(=O)c1cc(F)ccc1N. The molecule has 2 rings (SSSR count). The van der Waals surface area contributed by atoms with Crippen molar-refractivity contribution in [3.8, 4) is 0 Å². The van der Waals surface area contributed by atoms with Crippen molar-refractivity contribution >= 4 is 29.3 Å². The standard InChI is InChI=1S/C13H15FN2O3S/c1-2-11-16(10(6-20-11)13(18)19)12(17)8-5-7(14)3-4-9(8)15/h3-5,10-11H,2,6,15H2,1H3,(H,18,19). The molecule has 1 fully saturated rings. The number of thioether (sulfide) groups is 1. The molecule has 108 valence electrons. The number of carbonyl (C=O) groups is 2. The normalized spacial score (nSPS) is 22.0. The summed E-state index contributed by atoms with van der Waals surface area (Å²) in [7, 11) is 0. The van der Waals surface area contributed by atoms with Crippen LogP contribution in [-0.2, 0) is 4.79 Å². The number of carbonyl (C=O) groups excluding carboxylic acids is 1. The molecule has 0 spiro atoms. The summed E-state index contributed by atoms with van der Waals surface area (Å²) in [5, 5.41) is 8.97. The monoisotopic (exact) mass is 298 g/mol. The average Bonchev–Trinajstić information content (AvgIpc) is 2.84. The first-order chi connectivity index (χ1) is 9.45. The summed E-state index contributed by atoms with van der Waals surface area (Å²) < 4.78 is 13.3. The first kappa shape index (κ1) is 14.6. The van der Waals surface area contributed by atoms with Gasteiger partial charge in [-0.1, -0.05) is 6.92 Å². The van der Waals surface area contributed by atoms with Crippen LogP contribution >= 0.6 is 11.8 Å². The second-order valence-electron chi connectivity index (χ2n) is 4.49. The molecule has 1 heterocycles. The lowest BCUT2D eigenvalue weighted by molar-refractivity contribution is -0.141. The zero-order valence-corrected chi connectivity index (χ0v) is 11.7. The molecule has 2 unspecified atom stereocenters. The van der Waals surface area contributed by atoms with E-state index in [-0.39, 0.29) is 16.6 Å². The number of carboxylic acid groups (broad SMARTS) is 1. The minimum Gasteiger partial charge on any atom is -0.480 e. The molecule has 1 aromatic rings. The molecular weight excluding hydrogens is 283 g/mol. The van der Waals surface area contributed by atoms with Gasteiger partial charge in [-0.15, -0.1) is 11.8 Å². The number of amides is 1. The Morgan fingerprint density at radius 2 is 2.25 bits per heavy atom. The van der Waals surface area contributed by atoms with Crippen LogP contribution in [0.2, 0.25) is 0 Å². The van der Waals surface area contributed by atoms with Crippen LogP contribution in [-0.4, -0.2) is 39.1 Å². The van der Waals surface area contributed by atoms with Gasteiger partial charge in [0.2, 0.25) is 0 Å². The number of hydrogen-bond acceptors (Lipinski definition) is 4. The molecule has 0 aliphatic carbocycles. The third kappa shape index (κ3) is 2.58. The van der Waals surface area contributed by atoms with Gasteiger partial charge in [-0.05, 0) is 24.6 Å². The van der Waals surface area contributed by atoms with E-state index >= 15 is 0 Å². The minimum absolute atomic E-state index is 0.0113. The number of carboxylic acids is 1. The highest BCUT2D eigenvalue weighted by Crippen LogP contribution is 2.33. The van der Waals surface area contributed by atoms with Gasteiger partial charge in [0.05, 0.1) is 10.9 Å². The molecule has 7 heteroatoms. The number of rotatable bonds is 3. The van der Waals surface area contributed by atoms with E-state index in [0.717, 1.165) is 12.1 Å². The van der Waals surface area contributed by atoms with Gasteiger partial charge in [0, 0.05) is 11.4 Å². The zero-order valence-electron chi connectivity index (χ0n) is 10.9. The number of nitrogen functional groups attached to an aromatic ring is 1. The average molecular weight is 298 g/mol. The minimum atomic E-state index is -1.06. The molecule has 20 heavy (non-hydrogen) atoms. The molecule has 1 aromatic carbocycles. The fourth-order valence-corrected chi connectivity index (χ4v) is 3.54. The Labute approximate surface area is 119 Å². The first-order valence-electron chi connectivity index (χ1n) is 6.17. The number of hydrogen-bond donors (Lipinski definition) is 2. The molecule has 3 N–H and O–H groups in total. The molecule has 0 bridgehead atoms. The van der Waals surface area contributed by atoms with E-state index in [1.807, 2.05) is 6.92 Å². The van der Waals surface area contributed by atoms with Crippen LogP contribution in [0.25, 0.3) is 0 Å². The highest BCUT2D eigenvalue weighted by atomic mass is 32.2. The van der Waals surface area contributed by atoms with Crippen molar-refractivity contribution in [2.24, 2.45) is 0 Å². The van der Waals surface area contributed by atoms with Crippen LogP contribution in [0.1, 0.15) is 23.7 Å². The third-order valence-corrected chi connectivity index (χ3v) is 4.66. The molecule has 5 nitrogen and oxygen atoms in total. The Hall–Kier alpha value is -1.76. The second-order valence-corrected chi connectivity index (χ2v) is 5.71. The first-order valence-corrected chi connectivity index (χ1v) is 7.22. The predicted molar refractivity (Wildman–Crippen MR) is 74.9 cm³/mol. The van der Waals surface area contributed by atoms with Gasteiger partial charge in [0.15, 0.2) is 0 Å². The van der Waals surface area contributed by atoms with E-state index in [1.54, 1.807) is 0 Å². The number of anilines is 1. The quantitative estimate of drug-likeness (QED) is 0.831. The summed E-state index contributed by atoms with van der Waals surface area (Å²) in [5.41, 5.74) is 5.85.